The van der Waals surface area contributed by atoms with Crippen LogP contribution in [0, 0.1) is 6.92 Å². The summed E-state index contributed by atoms with van der Waals surface area (Å²) in [5, 5.41) is 3.75. The molecule has 3 rings (SSSR count). The van der Waals surface area contributed by atoms with Crippen molar-refractivity contribution in [2.75, 3.05) is 0 Å². The number of aromatic nitrogens is 2. The van der Waals surface area contributed by atoms with Gasteiger partial charge in [-0.3, -0.25) is 4.79 Å². The molecule has 0 saturated heterocycles. The summed E-state index contributed by atoms with van der Waals surface area (Å²) >= 11 is 3.14. The summed E-state index contributed by atoms with van der Waals surface area (Å²) < 4.78 is 1.13. The number of hydrogen-bond acceptors (Lipinski definition) is 5. The summed E-state index contributed by atoms with van der Waals surface area (Å²) in [4.78, 5) is 20.8. The van der Waals surface area contributed by atoms with E-state index in [-0.39, 0.29) is 5.78 Å². The minimum Gasteiger partial charge on any atom is -0.299 e. The van der Waals surface area contributed by atoms with Crippen molar-refractivity contribution in [3.8, 4) is 0 Å². The van der Waals surface area contributed by atoms with E-state index in [9.17, 15) is 4.79 Å². The van der Waals surface area contributed by atoms with Gasteiger partial charge in [0.1, 0.15) is 15.8 Å². The summed E-state index contributed by atoms with van der Waals surface area (Å²) in [7, 11) is 0. The van der Waals surface area contributed by atoms with E-state index in [0.29, 0.717) is 12.8 Å². The molecule has 3 aromatic rings. The van der Waals surface area contributed by atoms with Gasteiger partial charge in [0.05, 0.1) is 23.1 Å². The average molecular weight is 288 g/mol. The number of rotatable bonds is 4. The third kappa shape index (κ3) is 2.88. The summed E-state index contributed by atoms with van der Waals surface area (Å²) in [6.45, 7) is 1.94. The van der Waals surface area contributed by atoms with Crippen LogP contribution in [0.15, 0.2) is 29.6 Å². The second-order valence-corrected chi connectivity index (χ2v) is 6.41. The van der Waals surface area contributed by atoms with Gasteiger partial charge >= 0.3 is 0 Å². The van der Waals surface area contributed by atoms with Gasteiger partial charge in [0.25, 0.3) is 0 Å². The molecule has 0 aliphatic rings. The van der Waals surface area contributed by atoms with E-state index in [0.717, 1.165) is 25.9 Å². The number of fused-ring (bicyclic) bond motifs is 1. The zero-order valence-corrected chi connectivity index (χ0v) is 12.1. The molecule has 2 heterocycles. The van der Waals surface area contributed by atoms with Gasteiger partial charge < -0.3 is 0 Å². The predicted molar refractivity (Wildman–Crippen MR) is 78.9 cm³/mol. The van der Waals surface area contributed by atoms with Gasteiger partial charge in [0, 0.05) is 11.1 Å². The number of nitrogens with zero attached hydrogens (tertiary/aromatic N) is 2. The van der Waals surface area contributed by atoms with E-state index in [1.807, 2.05) is 36.6 Å². The van der Waals surface area contributed by atoms with E-state index < -0.39 is 0 Å². The summed E-state index contributed by atoms with van der Waals surface area (Å²) in [5.41, 5.74) is 1.95. The number of carbonyl (C=O) groups excluding carboxylic acids is 1. The molecule has 3 nitrogen and oxygen atoms in total. The van der Waals surface area contributed by atoms with Crippen molar-refractivity contribution in [2.24, 2.45) is 0 Å². The normalized spacial score (nSPS) is 11.0. The Morgan fingerprint density at radius 2 is 1.95 bits per heavy atom. The van der Waals surface area contributed by atoms with Crippen molar-refractivity contribution < 1.29 is 4.79 Å². The highest BCUT2D eigenvalue weighted by atomic mass is 32.1. The van der Waals surface area contributed by atoms with E-state index in [2.05, 4.69) is 9.97 Å². The molecule has 96 valence electrons. The largest absolute Gasteiger partial charge is 0.299 e. The zero-order valence-electron chi connectivity index (χ0n) is 10.4. The van der Waals surface area contributed by atoms with Crippen molar-refractivity contribution in [1.29, 1.82) is 0 Å². The Morgan fingerprint density at radius 1 is 1.16 bits per heavy atom. The van der Waals surface area contributed by atoms with Gasteiger partial charge in [-0.1, -0.05) is 12.1 Å². The van der Waals surface area contributed by atoms with Gasteiger partial charge in [-0.05, 0) is 19.1 Å². The lowest BCUT2D eigenvalue weighted by molar-refractivity contribution is -0.117. The molecule has 0 radical (unpaired) electrons. The first-order chi connectivity index (χ1) is 9.20. The number of hydrogen-bond donors (Lipinski definition) is 0. The third-order valence-electron chi connectivity index (χ3n) is 2.70. The van der Waals surface area contributed by atoms with Crippen molar-refractivity contribution in [3.63, 3.8) is 0 Å². The van der Waals surface area contributed by atoms with E-state index in [1.54, 1.807) is 22.7 Å². The lowest BCUT2D eigenvalue weighted by Crippen LogP contribution is -2.06. The molecule has 5 heteroatoms. The van der Waals surface area contributed by atoms with Crippen LogP contribution in [0.1, 0.15) is 15.7 Å². The van der Waals surface area contributed by atoms with Crippen LogP contribution in [0.2, 0.25) is 0 Å². The highest BCUT2D eigenvalue weighted by Crippen LogP contribution is 2.22. The lowest BCUT2D eigenvalue weighted by Gasteiger charge is -1.94. The molecular formula is C14H12N2OS2. The van der Waals surface area contributed by atoms with Crippen LogP contribution in [-0.2, 0) is 17.6 Å². The molecular weight excluding hydrogens is 276 g/mol. The Labute approximate surface area is 119 Å². The summed E-state index contributed by atoms with van der Waals surface area (Å²) in [6.07, 6.45) is 0.812. The van der Waals surface area contributed by atoms with Crippen molar-refractivity contribution in [3.05, 3.63) is 45.4 Å². The first kappa shape index (κ1) is 12.4. The van der Waals surface area contributed by atoms with Crippen molar-refractivity contribution >= 4 is 38.7 Å². The van der Waals surface area contributed by atoms with Gasteiger partial charge in [0.2, 0.25) is 0 Å². The molecule has 0 atom stereocenters. The van der Waals surface area contributed by atoms with Crippen LogP contribution in [0.5, 0.6) is 0 Å². The Morgan fingerprint density at radius 3 is 2.68 bits per heavy atom. The molecule has 0 unspecified atom stereocenters. The Hall–Kier alpha value is -1.59. The molecule has 0 fully saturated rings. The van der Waals surface area contributed by atoms with Crippen molar-refractivity contribution in [1.82, 2.24) is 9.97 Å². The monoisotopic (exact) mass is 288 g/mol. The zero-order chi connectivity index (χ0) is 13.2. The fourth-order valence-corrected chi connectivity index (χ4v) is 3.68. The number of carbonyl (C=O) groups is 1. The molecule has 0 aliphatic heterocycles. The number of ketones is 1. The molecule has 19 heavy (non-hydrogen) atoms. The highest BCUT2D eigenvalue weighted by Gasteiger charge is 2.11. The quantitative estimate of drug-likeness (QED) is 0.739. The number of para-hydroxylation sites is 1. The molecule has 0 N–H and O–H groups in total. The number of benzene rings is 1. The fraction of sp³-hybridized carbons (Fsp3) is 0.214. The third-order valence-corrected chi connectivity index (χ3v) is 4.70. The minimum absolute atomic E-state index is 0.174. The van der Waals surface area contributed by atoms with Crippen LogP contribution in [0.3, 0.4) is 0 Å². The summed E-state index contributed by atoms with van der Waals surface area (Å²) in [6, 6.07) is 7.96. The molecule has 0 amide bonds. The molecule has 0 saturated carbocycles. The van der Waals surface area contributed by atoms with Gasteiger partial charge in [0.15, 0.2) is 0 Å². The first-order valence-electron chi connectivity index (χ1n) is 5.98. The van der Waals surface area contributed by atoms with Crippen LogP contribution >= 0.6 is 22.7 Å². The van der Waals surface area contributed by atoms with Crippen LogP contribution in [-0.4, -0.2) is 15.8 Å². The van der Waals surface area contributed by atoms with Gasteiger partial charge in [-0.15, -0.1) is 22.7 Å². The molecule has 0 aliphatic carbocycles. The number of Topliss-reactive ketones (excluding diaryl/α,β-unsaturated/α-hetero) is 1. The minimum atomic E-state index is 0.174. The SMILES string of the molecule is Cc1csc(CC(=O)Cc2nc3ccccc3s2)n1. The maximum atomic E-state index is 12.0. The number of aryl methyl sites for hydroxylation is 1. The molecule has 0 bridgehead atoms. The van der Waals surface area contributed by atoms with Crippen molar-refractivity contribution in [2.45, 2.75) is 19.8 Å². The maximum Gasteiger partial charge on any atom is 0.146 e. The van der Waals surface area contributed by atoms with Crippen LogP contribution < -0.4 is 0 Å². The lowest BCUT2D eigenvalue weighted by atomic mass is 10.2. The topological polar surface area (TPSA) is 42.9 Å². The first-order valence-corrected chi connectivity index (χ1v) is 7.67. The second-order valence-electron chi connectivity index (χ2n) is 4.35. The molecule has 1 aromatic carbocycles. The average Bonchev–Trinajstić information content (AvgIpc) is 2.94. The Bertz CT molecular complexity index is 697. The van der Waals surface area contributed by atoms with E-state index >= 15 is 0 Å². The predicted octanol–water partition coefficient (Wildman–Crippen LogP) is 3.42. The summed E-state index contributed by atoms with van der Waals surface area (Å²) in [5.74, 6) is 0.174. The second kappa shape index (κ2) is 5.19. The smallest absolute Gasteiger partial charge is 0.146 e. The standard InChI is InChI=1S/C14H12N2OS2/c1-9-8-18-13(15-9)6-10(17)7-14-16-11-4-2-3-5-12(11)19-14/h2-5,8H,6-7H2,1H3. The maximum absolute atomic E-state index is 12.0. The molecule has 2 aromatic heterocycles. The van der Waals surface area contributed by atoms with Crippen LogP contribution in [0.25, 0.3) is 10.2 Å². The molecule has 0 spiro atoms. The van der Waals surface area contributed by atoms with E-state index in [4.69, 9.17) is 0 Å². The van der Waals surface area contributed by atoms with Gasteiger partial charge in [-0.25, -0.2) is 9.97 Å². The fourth-order valence-electron chi connectivity index (χ4n) is 1.88. The van der Waals surface area contributed by atoms with E-state index in [1.165, 1.54) is 0 Å². The number of thiazole rings is 2. The van der Waals surface area contributed by atoms with Crippen LogP contribution in [0.4, 0.5) is 0 Å². The highest BCUT2D eigenvalue weighted by molar-refractivity contribution is 7.18. The van der Waals surface area contributed by atoms with Gasteiger partial charge in [-0.2, -0.15) is 0 Å². The Balaban J connectivity index is 1.72. The Kier molecular flexibility index (Phi) is 3.40.